The Morgan fingerprint density at radius 2 is 1.89 bits per heavy atom. The molecule has 0 amide bonds. The molecule has 0 aliphatic carbocycles. The van der Waals surface area contributed by atoms with E-state index in [1.165, 1.54) is 0 Å². The number of carbonyl (C=O) groups is 1. The van der Waals surface area contributed by atoms with Crippen LogP contribution in [0.2, 0.25) is 0 Å². The van der Waals surface area contributed by atoms with Crippen molar-refractivity contribution in [3.63, 3.8) is 0 Å². The monoisotopic (exact) mass is 258 g/mol. The Morgan fingerprint density at radius 1 is 1.21 bits per heavy atom. The van der Waals surface area contributed by atoms with Gasteiger partial charge in [-0.15, -0.1) is 0 Å². The lowest BCUT2D eigenvalue weighted by Gasteiger charge is -2.15. The normalized spacial score (nSPS) is 12.4. The zero-order valence-corrected chi connectivity index (χ0v) is 11.2. The topological polar surface area (TPSA) is 46.5 Å². The minimum absolute atomic E-state index is 0.265. The Hall–Kier alpha value is -1.87. The molecule has 2 aromatic rings. The molecule has 1 atom stereocenters. The number of benzene rings is 2. The average molecular weight is 258 g/mol. The van der Waals surface area contributed by atoms with Crippen LogP contribution in [0, 0.1) is 0 Å². The highest BCUT2D eigenvalue weighted by molar-refractivity contribution is 5.92. The van der Waals surface area contributed by atoms with E-state index in [1.54, 1.807) is 13.0 Å². The molecule has 100 valence electrons. The van der Waals surface area contributed by atoms with E-state index in [-0.39, 0.29) is 6.61 Å². The summed E-state index contributed by atoms with van der Waals surface area (Å²) in [6, 6.07) is 11.6. The van der Waals surface area contributed by atoms with Gasteiger partial charge in [0.25, 0.3) is 0 Å². The lowest BCUT2D eigenvalue weighted by atomic mass is 9.95. The minimum Gasteiger partial charge on any atom is -0.464 e. The second-order valence-electron chi connectivity index (χ2n) is 4.37. The summed E-state index contributed by atoms with van der Waals surface area (Å²) in [6.07, 6.45) is -0.375. The predicted molar refractivity (Wildman–Crippen MR) is 74.9 cm³/mol. The van der Waals surface area contributed by atoms with Gasteiger partial charge in [-0.3, -0.25) is 0 Å². The fourth-order valence-electron chi connectivity index (χ4n) is 2.32. The summed E-state index contributed by atoms with van der Waals surface area (Å²) in [5.74, 6) is -0.596. The summed E-state index contributed by atoms with van der Waals surface area (Å²) < 4.78 is 4.89. The zero-order valence-electron chi connectivity index (χ0n) is 11.2. The number of hydrogen-bond acceptors (Lipinski definition) is 3. The van der Waals surface area contributed by atoms with Gasteiger partial charge < -0.3 is 9.84 Å². The minimum atomic E-state index is -1.23. The number of hydrogen-bond donors (Lipinski definition) is 1. The van der Waals surface area contributed by atoms with E-state index in [0.29, 0.717) is 5.56 Å². The number of esters is 1. The predicted octanol–water partition coefficient (Wildman–Crippen LogP) is 3.00. The Kier molecular flexibility index (Phi) is 4.17. The van der Waals surface area contributed by atoms with Crippen LogP contribution in [0.4, 0.5) is 0 Å². The first-order valence-corrected chi connectivity index (χ1v) is 6.54. The van der Waals surface area contributed by atoms with Crippen LogP contribution in [-0.4, -0.2) is 17.7 Å². The molecule has 3 nitrogen and oxygen atoms in total. The molecule has 1 N–H and O–H groups in total. The highest BCUT2D eigenvalue weighted by Gasteiger charge is 2.21. The van der Waals surface area contributed by atoms with Crippen LogP contribution in [0.5, 0.6) is 0 Å². The van der Waals surface area contributed by atoms with Crippen molar-refractivity contribution >= 4 is 16.7 Å². The Balaban J connectivity index is 2.57. The van der Waals surface area contributed by atoms with E-state index < -0.39 is 12.1 Å². The zero-order chi connectivity index (χ0) is 13.8. The summed E-state index contributed by atoms with van der Waals surface area (Å²) in [5, 5.41) is 12.1. The van der Waals surface area contributed by atoms with Crippen molar-refractivity contribution in [1.82, 2.24) is 0 Å². The van der Waals surface area contributed by atoms with Crippen LogP contribution in [-0.2, 0) is 16.0 Å². The largest absolute Gasteiger partial charge is 0.464 e. The first-order chi connectivity index (χ1) is 9.19. The highest BCUT2D eigenvalue weighted by atomic mass is 16.5. The third-order valence-corrected chi connectivity index (χ3v) is 3.21. The first kappa shape index (κ1) is 13.6. The molecule has 1 unspecified atom stereocenters. The molecule has 0 aliphatic heterocycles. The van der Waals surface area contributed by atoms with Gasteiger partial charge in [-0.1, -0.05) is 43.3 Å². The van der Waals surface area contributed by atoms with Gasteiger partial charge in [0.15, 0.2) is 6.10 Å². The number of fused-ring (bicyclic) bond motifs is 1. The van der Waals surface area contributed by atoms with Crippen LogP contribution in [0.1, 0.15) is 31.1 Å². The third-order valence-electron chi connectivity index (χ3n) is 3.21. The van der Waals surface area contributed by atoms with E-state index in [1.807, 2.05) is 30.3 Å². The summed E-state index contributed by atoms with van der Waals surface area (Å²) in [7, 11) is 0. The first-order valence-electron chi connectivity index (χ1n) is 6.54. The van der Waals surface area contributed by atoms with Gasteiger partial charge in [-0.05, 0) is 35.2 Å². The Bertz CT molecular complexity index is 584. The fourth-order valence-corrected chi connectivity index (χ4v) is 2.32. The van der Waals surface area contributed by atoms with Crippen LogP contribution in [0.3, 0.4) is 0 Å². The molecule has 2 aromatic carbocycles. The molecule has 0 saturated heterocycles. The summed E-state index contributed by atoms with van der Waals surface area (Å²) in [6.45, 7) is 4.05. The molecular weight excluding hydrogens is 240 g/mol. The average Bonchev–Trinajstić information content (AvgIpc) is 2.45. The van der Waals surface area contributed by atoms with E-state index >= 15 is 0 Å². The van der Waals surface area contributed by atoms with E-state index in [9.17, 15) is 9.90 Å². The number of aliphatic hydroxyl groups is 1. The number of carbonyl (C=O) groups excluding carboxylic acids is 1. The van der Waals surface area contributed by atoms with Crippen molar-refractivity contribution in [2.75, 3.05) is 6.61 Å². The Labute approximate surface area is 112 Å². The van der Waals surface area contributed by atoms with E-state index in [0.717, 1.165) is 22.8 Å². The fraction of sp³-hybridized carbons (Fsp3) is 0.312. The van der Waals surface area contributed by atoms with Gasteiger partial charge in [0.1, 0.15) is 0 Å². The summed E-state index contributed by atoms with van der Waals surface area (Å²) >= 11 is 0. The van der Waals surface area contributed by atoms with Gasteiger partial charge in [-0.25, -0.2) is 4.79 Å². The molecule has 0 fully saturated rings. The molecule has 2 rings (SSSR count). The van der Waals surface area contributed by atoms with Gasteiger partial charge in [0, 0.05) is 0 Å². The van der Waals surface area contributed by atoms with Crippen molar-refractivity contribution in [3.8, 4) is 0 Å². The standard InChI is InChI=1S/C16H18O3/c1-3-11-7-5-8-12-9-6-10-13(14(11)12)15(17)16(18)19-4-2/h5-10,15,17H,3-4H2,1-2H3. The number of aryl methyl sites for hydroxylation is 1. The molecule has 0 heterocycles. The quantitative estimate of drug-likeness (QED) is 0.857. The van der Waals surface area contributed by atoms with Crippen molar-refractivity contribution in [2.45, 2.75) is 26.4 Å². The SMILES string of the molecule is CCOC(=O)C(O)c1cccc2cccc(CC)c12. The second kappa shape index (κ2) is 5.85. The van der Waals surface area contributed by atoms with E-state index in [4.69, 9.17) is 4.74 Å². The molecule has 0 aliphatic rings. The molecule has 0 saturated carbocycles. The molecular formula is C16H18O3. The highest BCUT2D eigenvalue weighted by Crippen LogP contribution is 2.28. The van der Waals surface area contributed by atoms with Gasteiger partial charge in [0.05, 0.1) is 6.61 Å². The van der Waals surface area contributed by atoms with Crippen LogP contribution in [0.15, 0.2) is 36.4 Å². The smallest absolute Gasteiger partial charge is 0.339 e. The maximum Gasteiger partial charge on any atom is 0.339 e. The summed E-state index contributed by atoms with van der Waals surface area (Å²) in [4.78, 5) is 11.7. The molecule has 19 heavy (non-hydrogen) atoms. The molecule has 0 spiro atoms. The van der Waals surface area contributed by atoms with Gasteiger partial charge >= 0.3 is 5.97 Å². The number of ether oxygens (including phenoxy) is 1. The molecule has 0 aromatic heterocycles. The van der Waals surface area contributed by atoms with E-state index in [2.05, 4.69) is 6.92 Å². The van der Waals surface area contributed by atoms with Crippen molar-refractivity contribution in [3.05, 3.63) is 47.5 Å². The number of rotatable bonds is 4. The Morgan fingerprint density at radius 3 is 2.53 bits per heavy atom. The molecule has 3 heteroatoms. The molecule has 0 bridgehead atoms. The number of aliphatic hydroxyl groups excluding tert-OH is 1. The maximum absolute atomic E-state index is 11.7. The van der Waals surface area contributed by atoms with Crippen LogP contribution >= 0.6 is 0 Å². The second-order valence-corrected chi connectivity index (χ2v) is 4.37. The van der Waals surface area contributed by atoms with Crippen molar-refractivity contribution < 1.29 is 14.6 Å². The lowest BCUT2D eigenvalue weighted by Crippen LogP contribution is -2.16. The molecule has 0 radical (unpaired) electrons. The van der Waals surface area contributed by atoms with Crippen LogP contribution in [0.25, 0.3) is 10.8 Å². The van der Waals surface area contributed by atoms with Gasteiger partial charge in [-0.2, -0.15) is 0 Å². The lowest BCUT2D eigenvalue weighted by molar-refractivity contribution is -0.153. The maximum atomic E-state index is 11.7. The summed E-state index contributed by atoms with van der Waals surface area (Å²) in [5.41, 5.74) is 1.74. The third kappa shape index (κ3) is 2.61. The van der Waals surface area contributed by atoms with Crippen molar-refractivity contribution in [2.24, 2.45) is 0 Å². The van der Waals surface area contributed by atoms with Gasteiger partial charge in [0.2, 0.25) is 0 Å². The van der Waals surface area contributed by atoms with Crippen molar-refractivity contribution in [1.29, 1.82) is 0 Å². The van der Waals surface area contributed by atoms with Crippen LogP contribution < -0.4 is 0 Å².